The van der Waals surface area contributed by atoms with Gasteiger partial charge < -0.3 is 14.4 Å². The van der Waals surface area contributed by atoms with Crippen LogP contribution in [0.15, 0.2) is 36.9 Å². The topological polar surface area (TPSA) is 65.1 Å². The van der Waals surface area contributed by atoms with Crippen LogP contribution in [0.2, 0.25) is 25.7 Å². The van der Waals surface area contributed by atoms with Crippen LogP contribution in [0.3, 0.4) is 0 Å². The Bertz CT molecular complexity index is 835. The molecular formula is C18H26N4O2Si. The minimum absolute atomic E-state index is 0.474. The van der Waals surface area contributed by atoms with Gasteiger partial charge in [0, 0.05) is 32.6 Å². The van der Waals surface area contributed by atoms with Crippen molar-refractivity contribution in [3.8, 4) is 5.69 Å². The van der Waals surface area contributed by atoms with Gasteiger partial charge in [-0.25, -0.2) is 9.67 Å². The Kier molecular flexibility index (Phi) is 5.08. The number of rotatable bonds is 7. The maximum Gasteiger partial charge on any atom is 0.124 e. The molecule has 0 bridgehead atoms. The Morgan fingerprint density at radius 2 is 2.08 bits per heavy atom. The van der Waals surface area contributed by atoms with Crippen LogP contribution in [0.5, 0.6) is 0 Å². The number of ether oxygens (including phenoxy) is 1. The molecule has 1 N–H and O–H groups in total. The lowest BCUT2D eigenvalue weighted by molar-refractivity contribution is 0.0898. The van der Waals surface area contributed by atoms with Crippen LogP contribution in [-0.4, -0.2) is 39.1 Å². The second-order valence-corrected chi connectivity index (χ2v) is 13.2. The predicted molar refractivity (Wildman–Crippen MR) is 102 cm³/mol. The molecule has 134 valence electrons. The minimum Gasteiger partial charge on any atom is -0.389 e. The summed E-state index contributed by atoms with van der Waals surface area (Å²) in [4.78, 5) is 4.49. The number of hydrogen-bond donors (Lipinski definition) is 1. The van der Waals surface area contributed by atoms with Crippen molar-refractivity contribution in [1.82, 2.24) is 19.3 Å². The Labute approximate surface area is 149 Å². The summed E-state index contributed by atoms with van der Waals surface area (Å²) in [5, 5.41) is 14.5. The van der Waals surface area contributed by atoms with Gasteiger partial charge >= 0.3 is 0 Å². The zero-order chi connectivity index (χ0) is 18.0. The summed E-state index contributed by atoms with van der Waals surface area (Å²) in [6, 6.07) is 6.94. The van der Waals surface area contributed by atoms with Gasteiger partial charge in [-0.3, -0.25) is 0 Å². The number of aliphatic hydroxyl groups excluding tert-OH is 1. The van der Waals surface area contributed by atoms with Crippen molar-refractivity contribution >= 4 is 19.1 Å². The van der Waals surface area contributed by atoms with Crippen molar-refractivity contribution in [3.05, 3.63) is 42.5 Å². The number of nitrogens with zero attached hydrogens (tertiary/aromatic N) is 4. The van der Waals surface area contributed by atoms with Crippen molar-refractivity contribution in [2.75, 3.05) is 6.61 Å². The van der Waals surface area contributed by atoms with E-state index in [1.807, 2.05) is 29.0 Å². The normalized spacial score (nSPS) is 13.5. The molecule has 0 amide bonds. The van der Waals surface area contributed by atoms with Crippen molar-refractivity contribution in [3.63, 3.8) is 0 Å². The molecule has 0 aliphatic carbocycles. The van der Waals surface area contributed by atoms with Crippen molar-refractivity contribution < 1.29 is 9.84 Å². The summed E-state index contributed by atoms with van der Waals surface area (Å²) in [6.45, 7) is 10.0. The van der Waals surface area contributed by atoms with E-state index in [1.54, 1.807) is 24.1 Å². The zero-order valence-corrected chi connectivity index (χ0v) is 16.3. The highest BCUT2D eigenvalue weighted by Gasteiger charge is 2.15. The molecule has 0 radical (unpaired) electrons. The molecule has 2 heterocycles. The van der Waals surface area contributed by atoms with Gasteiger partial charge in [0.25, 0.3) is 0 Å². The fraction of sp³-hybridized carbons (Fsp3) is 0.444. The Balaban J connectivity index is 1.86. The number of aromatic nitrogens is 4. The summed E-state index contributed by atoms with van der Waals surface area (Å²) >= 11 is 0. The van der Waals surface area contributed by atoms with E-state index < -0.39 is 14.2 Å². The van der Waals surface area contributed by atoms with Crippen LogP contribution in [-0.2, 0) is 11.5 Å². The van der Waals surface area contributed by atoms with Gasteiger partial charge in [-0.15, -0.1) is 0 Å². The number of fused-ring (bicyclic) bond motifs is 1. The largest absolute Gasteiger partial charge is 0.389 e. The van der Waals surface area contributed by atoms with Crippen LogP contribution in [0, 0.1) is 0 Å². The smallest absolute Gasteiger partial charge is 0.124 e. The Morgan fingerprint density at radius 1 is 1.28 bits per heavy atom. The van der Waals surface area contributed by atoms with Crippen LogP contribution < -0.4 is 0 Å². The van der Waals surface area contributed by atoms with Crippen LogP contribution in [0.4, 0.5) is 0 Å². The maximum atomic E-state index is 10.2. The lowest BCUT2D eigenvalue weighted by Crippen LogP contribution is -2.22. The molecule has 1 atom stereocenters. The molecule has 2 aromatic heterocycles. The molecule has 7 heteroatoms. The molecule has 1 unspecified atom stereocenters. The van der Waals surface area contributed by atoms with Gasteiger partial charge in [0.1, 0.15) is 6.73 Å². The predicted octanol–water partition coefficient (Wildman–Crippen LogP) is 3.59. The van der Waals surface area contributed by atoms with E-state index in [-0.39, 0.29) is 0 Å². The molecule has 0 aliphatic heterocycles. The average Bonchev–Trinajstić information content (AvgIpc) is 3.19. The van der Waals surface area contributed by atoms with E-state index in [0.717, 1.165) is 34.9 Å². The first-order valence-electron chi connectivity index (χ1n) is 8.60. The van der Waals surface area contributed by atoms with Gasteiger partial charge in [0.05, 0.1) is 29.2 Å². The molecule has 0 saturated heterocycles. The third-order valence-electron chi connectivity index (χ3n) is 4.20. The molecule has 1 aromatic carbocycles. The molecule has 25 heavy (non-hydrogen) atoms. The molecule has 0 saturated carbocycles. The van der Waals surface area contributed by atoms with E-state index in [4.69, 9.17) is 4.74 Å². The summed E-state index contributed by atoms with van der Waals surface area (Å²) in [5.74, 6) is 0. The van der Waals surface area contributed by atoms with Crippen molar-refractivity contribution in [2.24, 2.45) is 0 Å². The first-order chi connectivity index (χ1) is 11.8. The average molecular weight is 359 g/mol. The van der Waals surface area contributed by atoms with Crippen LogP contribution in [0.1, 0.15) is 18.6 Å². The number of benzene rings is 1. The quantitative estimate of drug-likeness (QED) is 0.518. The third kappa shape index (κ3) is 4.17. The van der Waals surface area contributed by atoms with E-state index in [0.29, 0.717) is 6.73 Å². The molecule has 0 spiro atoms. The first-order valence-corrected chi connectivity index (χ1v) is 12.3. The molecule has 3 aromatic rings. The van der Waals surface area contributed by atoms with E-state index in [2.05, 4.69) is 29.7 Å². The fourth-order valence-electron chi connectivity index (χ4n) is 2.70. The molecule has 0 aliphatic rings. The fourth-order valence-corrected chi connectivity index (χ4v) is 3.45. The summed E-state index contributed by atoms with van der Waals surface area (Å²) in [7, 11) is -1.09. The Morgan fingerprint density at radius 3 is 2.72 bits per heavy atom. The van der Waals surface area contributed by atoms with Gasteiger partial charge in [-0.05, 0) is 31.2 Å². The summed E-state index contributed by atoms with van der Waals surface area (Å²) < 4.78 is 9.58. The van der Waals surface area contributed by atoms with Gasteiger partial charge in [-0.1, -0.05) is 19.6 Å². The van der Waals surface area contributed by atoms with E-state index in [1.165, 1.54) is 0 Å². The number of hydrogen-bond acceptors (Lipinski definition) is 4. The highest BCUT2D eigenvalue weighted by atomic mass is 28.3. The molecule has 6 nitrogen and oxygen atoms in total. The maximum absolute atomic E-state index is 10.2. The second-order valence-electron chi connectivity index (χ2n) is 7.59. The molecule has 0 fully saturated rings. The molecular weight excluding hydrogens is 332 g/mol. The molecule has 3 rings (SSSR count). The lowest BCUT2D eigenvalue weighted by Gasteiger charge is -2.16. The van der Waals surface area contributed by atoms with Crippen molar-refractivity contribution in [1.29, 1.82) is 0 Å². The summed E-state index contributed by atoms with van der Waals surface area (Å²) in [6.07, 6.45) is 4.78. The number of aliphatic hydroxyl groups is 1. The SMILES string of the molecule is CC(O)c1cc2c(cc1-n1cccn1)ncn2COCC[Si](C)(C)C. The first kappa shape index (κ1) is 17.8. The van der Waals surface area contributed by atoms with Crippen LogP contribution >= 0.6 is 0 Å². The van der Waals surface area contributed by atoms with Gasteiger partial charge in [0.2, 0.25) is 0 Å². The lowest BCUT2D eigenvalue weighted by atomic mass is 10.1. The monoisotopic (exact) mass is 358 g/mol. The summed E-state index contributed by atoms with van der Waals surface area (Å²) in [5.41, 5.74) is 3.49. The number of imidazole rings is 1. The standard InChI is InChI=1S/C18H26N4O2Si/c1-14(23)15-10-18-16(11-17(15)22-7-5-6-20-22)19-12-21(18)13-24-8-9-25(2,3)4/h5-7,10-12,14,23H,8-9,13H2,1-4H3. The second kappa shape index (κ2) is 7.11. The third-order valence-corrected chi connectivity index (χ3v) is 5.90. The highest BCUT2D eigenvalue weighted by molar-refractivity contribution is 6.76. The Hall–Kier alpha value is -1.96. The van der Waals surface area contributed by atoms with Crippen molar-refractivity contribution in [2.45, 2.75) is 45.4 Å². The van der Waals surface area contributed by atoms with E-state index >= 15 is 0 Å². The zero-order valence-electron chi connectivity index (χ0n) is 15.3. The van der Waals surface area contributed by atoms with Crippen LogP contribution in [0.25, 0.3) is 16.7 Å². The minimum atomic E-state index is -1.09. The van der Waals surface area contributed by atoms with E-state index in [9.17, 15) is 5.11 Å². The van der Waals surface area contributed by atoms with Gasteiger partial charge in [-0.2, -0.15) is 5.10 Å². The van der Waals surface area contributed by atoms with Gasteiger partial charge in [0.15, 0.2) is 0 Å². The highest BCUT2D eigenvalue weighted by Crippen LogP contribution is 2.27.